The van der Waals surface area contributed by atoms with E-state index in [1.165, 1.54) is 22.8 Å². The molecule has 1 aliphatic heterocycles. The molecule has 2 N–H and O–H groups in total. The molecule has 0 bridgehead atoms. The summed E-state index contributed by atoms with van der Waals surface area (Å²) in [5, 5.41) is 1.29. The minimum absolute atomic E-state index is 0.101. The molecular weight excluding hydrogens is 316 g/mol. The second-order valence-electron chi connectivity index (χ2n) is 6.53. The number of hydrogen-bond acceptors (Lipinski definition) is 4. The van der Waals surface area contributed by atoms with Crippen LogP contribution in [0.5, 0.6) is 0 Å². The first kappa shape index (κ1) is 16.1. The van der Waals surface area contributed by atoms with Crippen LogP contribution in [0.15, 0.2) is 47.7 Å². The van der Waals surface area contributed by atoms with Crippen LogP contribution in [0.4, 0.5) is 0 Å². The van der Waals surface area contributed by atoms with E-state index >= 15 is 0 Å². The zero-order chi connectivity index (χ0) is 17.1. The summed E-state index contributed by atoms with van der Waals surface area (Å²) in [6, 6.07) is 10.1. The summed E-state index contributed by atoms with van der Waals surface area (Å²) in [6.07, 6.45) is 5.27. The van der Waals surface area contributed by atoms with E-state index in [0.29, 0.717) is 0 Å². The Morgan fingerprint density at radius 2 is 2.24 bits per heavy atom. The molecule has 0 spiro atoms. The van der Waals surface area contributed by atoms with E-state index in [0.717, 1.165) is 44.8 Å². The Morgan fingerprint density at radius 1 is 1.28 bits per heavy atom. The third-order valence-corrected chi connectivity index (χ3v) is 4.76. The van der Waals surface area contributed by atoms with Crippen molar-refractivity contribution in [2.45, 2.75) is 25.5 Å². The maximum atomic E-state index is 11.3. The molecule has 1 atom stereocenters. The average molecular weight is 338 g/mol. The molecule has 0 saturated carbocycles. The number of aromatic amines is 2. The average Bonchev–Trinajstić information content (AvgIpc) is 3.10. The van der Waals surface area contributed by atoms with Gasteiger partial charge in [-0.15, -0.1) is 0 Å². The third kappa shape index (κ3) is 3.81. The Morgan fingerprint density at radius 3 is 3.16 bits per heavy atom. The van der Waals surface area contributed by atoms with E-state index in [-0.39, 0.29) is 11.7 Å². The number of H-pyrrole nitrogens is 2. The minimum atomic E-state index is -0.101. The highest BCUT2D eigenvalue weighted by molar-refractivity contribution is 5.82. The van der Waals surface area contributed by atoms with Crippen LogP contribution < -0.4 is 5.56 Å². The van der Waals surface area contributed by atoms with Gasteiger partial charge in [0.2, 0.25) is 0 Å². The van der Waals surface area contributed by atoms with E-state index in [2.05, 4.69) is 44.1 Å². The molecule has 1 aromatic carbocycles. The molecular formula is C19H22N4O2. The zero-order valence-electron chi connectivity index (χ0n) is 14.1. The Labute approximate surface area is 145 Å². The van der Waals surface area contributed by atoms with E-state index in [1.54, 1.807) is 6.07 Å². The molecule has 3 heterocycles. The van der Waals surface area contributed by atoms with E-state index in [9.17, 15) is 4.79 Å². The van der Waals surface area contributed by atoms with Crippen molar-refractivity contribution in [2.24, 2.45) is 0 Å². The van der Waals surface area contributed by atoms with Gasteiger partial charge in [-0.3, -0.25) is 9.69 Å². The van der Waals surface area contributed by atoms with Gasteiger partial charge in [-0.2, -0.15) is 0 Å². The van der Waals surface area contributed by atoms with E-state index < -0.39 is 0 Å². The summed E-state index contributed by atoms with van der Waals surface area (Å²) < 4.78 is 5.91. The fraction of sp³-hybridized carbons (Fsp3) is 0.368. The highest BCUT2D eigenvalue weighted by atomic mass is 16.5. The lowest BCUT2D eigenvalue weighted by Gasteiger charge is -2.33. The number of fused-ring (bicyclic) bond motifs is 1. The molecule has 0 radical (unpaired) electrons. The molecule has 2 aromatic heterocycles. The lowest BCUT2D eigenvalue weighted by Crippen LogP contribution is -2.42. The van der Waals surface area contributed by atoms with Gasteiger partial charge in [0.25, 0.3) is 5.56 Å². The molecule has 1 fully saturated rings. The molecule has 1 aliphatic rings. The number of morpholine rings is 1. The first-order valence-corrected chi connectivity index (χ1v) is 8.70. The van der Waals surface area contributed by atoms with Gasteiger partial charge in [-0.1, -0.05) is 12.1 Å². The number of nitrogens with one attached hydrogen (secondary N) is 2. The van der Waals surface area contributed by atoms with Crippen LogP contribution in [-0.4, -0.2) is 45.7 Å². The maximum absolute atomic E-state index is 11.3. The van der Waals surface area contributed by atoms with Crippen LogP contribution in [0.1, 0.15) is 17.7 Å². The summed E-state index contributed by atoms with van der Waals surface area (Å²) in [7, 11) is 0. The van der Waals surface area contributed by atoms with Crippen LogP contribution in [0.2, 0.25) is 0 Å². The van der Waals surface area contributed by atoms with Crippen molar-refractivity contribution in [3.05, 3.63) is 64.5 Å². The largest absolute Gasteiger partial charge is 0.376 e. The van der Waals surface area contributed by atoms with Crippen molar-refractivity contribution in [2.75, 3.05) is 19.7 Å². The summed E-state index contributed by atoms with van der Waals surface area (Å²) in [6.45, 7) is 3.53. The maximum Gasteiger partial charge on any atom is 0.250 e. The van der Waals surface area contributed by atoms with Crippen molar-refractivity contribution >= 4 is 10.9 Å². The molecule has 3 aromatic rings. The first-order chi connectivity index (χ1) is 12.3. The zero-order valence-corrected chi connectivity index (χ0v) is 14.1. The summed E-state index contributed by atoms with van der Waals surface area (Å²) in [5.74, 6) is 0. The predicted molar refractivity (Wildman–Crippen MR) is 96.5 cm³/mol. The van der Waals surface area contributed by atoms with Gasteiger partial charge in [0.15, 0.2) is 0 Å². The van der Waals surface area contributed by atoms with Gasteiger partial charge in [0, 0.05) is 48.5 Å². The van der Waals surface area contributed by atoms with Gasteiger partial charge < -0.3 is 14.7 Å². The molecule has 6 nitrogen and oxygen atoms in total. The van der Waals surface area contributed by atoms with E-state index in [4.69, 9.17) is 4.74 Å². The highest BCUT2D eigenvalue weighted by Gasteiger charge is 2.21. The molecule has 4 rings (SSSR count). The first-order valence-electron chi connectivity index (χ1n) is 8.70. The fourth-order valence-corrected chi connectivity index (χ4v) is 3.48. The topological polar surface area (TPSA) is 74.0 Å². The minimum Gasteiger partial charge on any atom is -0.376 e. The number of aromatic nitrogens is 3. The van der Waals surface area contributed by atoms with Crippen LogP contribution in [0.25, 0.3) is 10.9 Å². The second-order valence-corrected chi connectivity index (χ2v) is 6.53. The molecule has 0 aliphatic carbocycles. The monoisotopic (exact) mass is 338 g/mol. The SMILES string of the molecule is O=c1cc(CCC2CN(Cc3cccc4[nH]ccc34)CCO2)nc[nH]1. The Kier molecular flexibility index (Phi) is 4.63. The summed E-state index contributed by atoms with van der Waals surface area (Å²) in [5.41, 5.74) is 3.25. The molecule has 0 amide bonds. The second kappa shape index (κ2) is 7.21. The van der Waals surface area contributed by atoms with Crippen molar-refractivity contribution in [3.63, 3.8) is 0 Å². The van der Waals surface area contributed by atoms with Crippen molar-refractivity contribution in [1.29, 1.82) is 0 Å². The number of benzene rings is 1. The molecule has 25 heavy (non-hydrogen) atoms. The van der Waals surface area contributed by atoms with Gasteiger partial charge in [-0.05, 0) is 30.5 Å². The standard InChI is InChI=1S/C19H22N4O2/c24-19-10-15(21-13-22-19)4-5-16-12-23(8-9-25-16)11-14-2-1-3-18-17(14)6-7-20-18/h1-3,6-7,10,13,16,20H,4-5,8-9,11-12H2,(H,21,22,24). The van der Waals surface area contributed by atoms with Gasteiger partial charge in [0.1, 0.15) is 0 Å². The van der Waals surface area contributed by atoms with Crippen molar-refractivity contribution in [1.82, 2.24) is 19.9 Å². The third-order valence-electron chi connectivity index (χ3n) is 4.76. The van der Waals surface area contributed by atoms with Crippen molar-refractivity contribution < 1.29 is 4.74 Å². The van der Waals surface area contributed by atoms with Crippen molar-refractivity contribution in [3.8, 4) is 0 Å². The van der Waals surface area contributed by atoms with Crippen LogP contribution in [0.3, 0.4) is 0 Å². The predicted octanol–water partition coefficient (Wildman–Crippen LogP) is 2.08. The number of hydrogen-bond donors (Lipinski definition) is 2. The van der Waals surface area contributed by atoms with Crippen LogP contribution in [-0.2, 0) is 17.7 Å². The lowest BCUT2D eigenvalue weighted by atomic mass is 10.1. The summed E-state index contributed by atoms with van der Waals surface area (Å²) >= 11 is 0. The molecule has 130 valence electrons. The molecule has 6 heteroatoms. The Hall–Kier alpha value is -2.44. The number of nitrogens with zero attached hydrogens (tertiary/aromatic N) is 2. The van der Waals surface area contributed by atoms with Gasteiger partial charge in [-0.25, -0.2) is 4.98 Å². The van der Waals surface area contributed by atoms with E-state index in [1.807, 2.05) is 6.20 Å². The van der Waals surface area contributed by atoms with Gasteiger partial charge in [0.05, 0.1) is 19.0 Å². The Bertz CT molecular complexity index is 901. The quantitative estimate of drug-likeness (QED) is 0.747. The summed E-state index contributed by atoms with van der Waals surface area (Å²) in [4.78, 5) is 23.8. The normalized spacial score (nSPS) is 18.6. The fourth-order valence-electron chi connectivity index (χ4n) is 3.48. The van der Waals surface area contributed by atoms with Crippen LogP contribution >= 0.6 is 0 Å². The van der Waals surface area contributed by atoms with Gasteiger partial charge >= 0.3 is 0 Å². The highest BCUT2D eigenvalue weighted by Crippen LogP contribution is 2.21. The number of rotatable bonds is 5. The smallest absolute Gasteiger partial charge is 0.250 e. The number of ether oxygens (including phenoxy) is 1. The van der Waals surface area contributed by atoms with Crippen LogP contribution in [0, 0.1) is 0 Å². The molecule has 1 unspecified atom stereocenters. The molecule has 1 saturated heterocycles. The Balaban J connectivity index is 1.37. The number of aryl methyl sites for hydroxylation is 1. The lowest BCUT2D eigenvalue weighted by molar-refractivity contribution is -0.0345.